The first-order chi connectivity index (χ1) is 35.0. The molecule has 7 saturated carbocycles. The zero-order valence-corrected chi connectivity index (χ0v) is 42.7. The number of rotatable bonds is 6. The predicted molar refractivity (Wildman–Crippen MR) is 267 cm³/mol. The average Bonchev–Trinajstić information content (AvgIpc) is 4.19. The number of phenolic OH excluding ortho intramolecular Hbond substituents is 2. The molecular formula is C60H76O13. The number of carbonyl (C=O) groups excluding carboxylic acids is 1. The number of aromatic carboxylic acids is 1. The summed E-state index contributed by atoms with van der Waals surface area (Å²) in [6.07, 6.45) is 18.3. The summed E-state index contributed by atoms with van der Waals surface area (Å²) in [5.41, 5.74) is 2.83. The number of aliphatic hydroxyl groups excluding tert-OH is 4. The van der Waals surface area contributed by atoms with E-state index in [2.05, 4.69) is 6.08 Å². The van der Waals surface area contributed by atoms with Crippen LogP contribution in [0.3, 0.4) is 0 Å². The Morgan fingerprint density at radius 3 is 2.51 bits per heavy atom. The second-order valence-electron chi connectivity index (χ2n) is 26.6. The summed E-state index contributed by atoms with van der Waals surface area (Å²) in [6.45, 7) is 4.01. The molecule has 4 bridgehead atoms. The predicted octanol–water partition coefficient (Wildman–Crippen LogP) is 8.97. The van der Waals surface area contributed by atoms with Crippen LogP contribution < -0.4 is 4.74 Å². The number of carboxylic acids is 1. The fourth-order valence-corrected chi connectivity index (χ4v) is 21.6. The van der Waals surface area contributed by atoms with Crippen molar-refractivity contribution in [1.82, 2.24) is 0 Å². The van der Waals surface area contributed by atoms with E-state index in [1.54, 1.807) is 0 Å². The van der Waals surface area contributed by atoms with Gasteiger partial charge in [-0.15, -0.1) is 0 Å². The Kier molecular flexibility index (Phi) is 10.6. The largest absolute Gasteiger partial charge is 0.507 e. The molecule has 7 N–H and O–H groups in total. The minimum atomic E-state index is -1.78. The van der Waals surface area contributed by atoms with Gasteiger partial charge in [-0.25, -0.2) is 4.79 Å². The molecule has 0 amide bonds. The number of fused-ring (bicyclic) bond motifs is 5. The number of phenols is 2. The number of aliphatic hydroxyl groups is 4. The van der Waals surface area contributed by atoms with Gasteiger partial charge >= 0.3 is 5.97 Å². The van der Waals surface area contributed by atoms with Gasteiger partial charge in [0.2, 0.25) is 6.29 Å². The van der Waals surface area contributed by atoms with E-state index in [9.17, 15) is 45.3 Å². The normalized spacial score (nSPS) is 47.0. The molecule has 4 aliphatic heterocycles. The highest BCUT2D eigenvalue weighted by Gasteiger charge is 2.73. The van der Waals surface area contributed by atoms with Crippen molar-refractivity contribution >= 4 is 22.5 Å². The first-order valence-corrected chi connectivity index (χ1v) is 28.5. The molecule has 12 aliphatic rings. The van der Waals surface area contributed by atoms with E-state index >= 15 is 0 Å². The molecule has 0 aromatic heterocycles. The quantitative estimate of drug-likeness (QED) is 0.107. The highest BCUT2D eigenvalue weighted by Crippen LogP contribution is 2.81. The summed E-state index contributed by atoms with van der Waals surface area (Å²) in [5, 5.41) is 81.8. The molecule has 2 aromatic rings. The highest BCUT2D eigenvalue weighted by atomic mass is 16.7. The van der Waals surface area contributed by atoms with Crippen molar-refractivity contribution in [1.29, 1.82) is 0 Å². The lowest BCUT2D eigenvalue weighted by Gasteiger charge is -2.64. The number of allylic oxidation sites excluding steroid dienone is 2. The van der Waals surface area contributed by atoms with E-state index in [0.717, 1.165) is 30.7 Å². The van der Waals surface area contributed by atoms with Crippen molar-refractivity contribution in [3.8, 4) is 17.2 Å². The molecule has 18 unspecified atom stereocenters. The van der Waals surface area contributed by atoms with Gasteiger partial charge in [-0.2, -0.15) is 0 Å². The Labute approximate surface area is 427 Å². The van der Waals surface area contributed by atoms with Crippen molar-refractivity contribution in [2.75, 3.05) is 19.8 Å². The van der Waals surface area contributed by atoms with Crippen LogP contribution in [0.25, 0.3) is 10.8 Å². The molecule has 10 fully saturated rings. The molecule has 14 rings (SSSR count). The topological polar surface area (TPSA) is 213 Å². The fraction of sp³-hybridized carbons (Fsp3) is 0.733. The Balaban J connectivity index is 0.849. The number of carbonyl (C=O) groups is 2. The minimum Gasteiger partial charge on any atom is -0.507 e. The number of ether oxygens (including phenoxy) is 4. The molecule has 394 valence electrons. The summed E-state index contributed by atoms with van der Waals surface area (Å²) in [4.78, 5) is 25.4. The van der Waals surface area contributed by atoms with E-state index in [4.69, 9.17) is 18.9 Å². The van der Waals surface area contributed by atoms with Gasteiger partial charge in [-0.05, 0) is 222 Å². The third kappa shape index (κ3) is 6.27. The third-order valence-electron chi connectivity index (χ3n) is 24.0. The minimum absolute atomic E-state index is 0.0564. The summed E-state index contributed by atoms with van der Waals surface area (Å²) in [6, 6.07) is 2.32. The molecular weight excluding hydrogens is 929 g/mol. The van der Waals surface area contributed by atoms with Gasteiger partial charge in [0.05, 0.1) is 35.3 Å². The highest BCUT2D eigenvalue weighted by molar-refractivity contribution is 6.11. The summed E-state index contributed by atoms with van der Waals surface area (Å²) < 4.78 is 27.4. The number of benzene rings is 2. The van der Waals surface area contributed by atoms with Gasteiger partial charge in [0, 0.05) is 29.6 Å². The molecule has 2 aromatic carbocycles. The lowest BCUT2D eigenvalue weighted by atomic mass is 9.42. The molecule has 0 radical (unpaired) electrons. The zero-order valence-electron chi connectivity index (χ0n) is 42.7. The average molecular weight is 1010 g/mol. The molecule has 18 atom stereocenters. The maximum atomic E-state index is 13.0. The molecule has 13 heteroatoms. The van der Waals surface area contributed by atoms with Crippen LogP contribution in [0.1, 0.15) is 168 Å². The van der Waals surface area contributed by atoms with Gasteiger partial charge in [0.25, 0.3) is 0 Å². The third-order valence-corrected chi connectivity index (χ3v) is 24.0. The maximum Gasteiger partial charge on any atom is 0.335 e. The van der Waals surface area contributed by atoms with E-state index < -0.39 is 65.7 Å². The zero-order chi connectivity index (χ0) is 50.4. The van der Waals surface area contributed by atoms with E-state index in [0.29, 0.717) is 61.1 Å². The lowest BCUT2D eigenvalue weighted by molar-refractivity contribution is -0.336. The number of hydrogen-bond donors (Lipinski definition) is 7. The Morgan fingerprint density at radius 2 is 1.70 bits per heavy atom. The van der Waals surface area contributed by atoms with Crippen LogP contribution in [0.5, 0.6) is 17.2 Å². The van der Waals surface area contributed by atoms with Crippen molar-refractivity contribution < 1.29 is 64.3 Å². The Morgan fingerprint density at radius 1 is 0.877 bits per heavy atom. The van der Waals surface area contributed by atoms with Crippen LogP contribution in [0.2, 0.25) is 0 Å². The first-order valence-electron chi connectivity index (χ1n) is 28.5. The van der Waals surface area contributed by atoms with Crippen molar-refractivity contribution in [3.63, 3.8) is 0 Å². The number of hydrogen-bond acceptors (Lipinski definition) is 12. The fourth-order valence-electron chi connectivity index (χ4n) is 21.6. The van der Waals surface area contributed by atoms with Gasteiger partial charge in [0.1, 0.15) is 41.2 Å². The molecule has 13 nitrogen and oxygen atoms in total. The number of Topliss-reactive ketones (excluding diaryl/α,β-unsaturated/α-hetero) is 1. The second-order valence-corrected chi connectivity index (χ2v) is 26.6. The van der Waals surface area contributed by atoms with Crippen molar-refractivity contribution in [2.45, 2.75) is 191 Å². The molecule has 3 saturated heterocycles. The molecule has 5 spiro atoms. The SMILES string of the molecule is CC(=O)c1c(C)c(O)c2cc(C(=O)O)cc(OC3OC4C(O)CCC5OC4(CC4C6=C5CC=C6C5(CCO)COCC6CC7(CCC8(CCC9CCCC%10CCCC%10%11CCC98C%11)C7)CC4C65)C(O)C3O)c2c1O. The Hall–Kier alpha value is -3.56. The van der Waals surface area contributed by atoms with Crippen LogP contribution in [0.4, 0.5) is 0 Å². The monoisotopic (exact) mass is 1000 g/mol. The molecule has 8 aliphatic carbocycles. The molecule has 4 heterocycles. The van der Waals surface area contributed by atoms with Crippen LogP contribution in [0.15, 0.2) is 34.9 Å². The number of aromatic hydroxyl groups is 2. The van der Waals surface area contributed by atoms with E-state index in [-0.39, 0.29) is 74.8 Å². The Bertz CT molecular complexity index is 2760. The van der Waals surface area contributed by atoms with Crippen molar-refractivity contribution in [3.05, 3.63) is 51.6 Å². The van der Waals surface area contributed by atoms with Gasteiger partial charge < -0.3 is 54.7 Å². The van der Waals surface area contributed by atoms with Crippen LogP contribution in [-0.2, 0) is 14.2 Å². The van der Waals surface area contributed by atoms with E-state index in [1.165, 1.54) is 127 Å². The second kappa shape index (κ2) is 16.2. The smallest absolute Gasteiger partial charge is 0.335 e. The van der Waals surface area contributed by atoms with Gasteiger partial charge in [0.15, 0.2) is 5.78 Å². The van der Waals surface area contributed by atoms with Crippen LogP contribution >= 0.6 is 0 Å². The van der Waals surface area contributed by atoms with E-state index in [1.807, 2.05) is 0 Å². The van der Waals surface area contributed by atoms with Crippen LogP contribution in [0, 0.1) is 69.5 Å². The standard InChI is InChI=1S/C60H76O13/c1-30-44(31(2)62)49(65)46-37(48(30)64)21-32(53(68)69)22-43(46)71-54-50(66)51(67)60-25-38-39-24-55(15-17-57(27-55)14-12-35-6-3-5-34-7-4-13-56(34)16-18-59(35,57)28-56)23-33-26-70-29-58(19-20-61,47(33)39)40-9-8-36(45(38)40)42(73-60)11-10-41(63)52(60)72-54/h9,21-22,33-35,38-39,41-42,47,50-52,54,61,63-67H,3-8,10-20,23-29H2,1-2H3,(H,68,69). The lowest BCUT2D eigenvalue weighted by Crippen LogP contribution is -2.71. The van der Waals surface area contributed by atoms with Crippen molar-refractivity contribution in [2.24, 2.45) is 62.6 Å². The van der Waals surface area contributed by atoms with Gasteiger partial charge in [-0.3, -0.25) is 4.79 Å². The first kappa shape index (κ1) is 47.9. The maximum absolute atomic E-state index is 13.0. The van der Waals surface area contributed by atoms with Gasteiger partial charge in [-0.1, -0.05) is 18.9 Å². The summed E-state index contributed by atoms with van der Waals surface area (Å²) in [5.74, 6) is -0.797. The summed E-state index contributed by atoms with van der Waals surface area (Å²) in [7, 11) is 0. The van der Waals surface area contributed by atoms with Crippen LogP contribution in [-0.4, -0.2) is 110 Å². The molecule has 73 heavy (non-hydrogen) atoms. The number of carboxylic acid groups (broad SMARTS) is 1. The number of ketones is 1. The summed E-state index contributed by atoms with van der Waals surface area (Å²) >= 11 is 0.